The number of nitrogens with zero attached hydrogens (tertiary/aromatic N) is 5. The van der Waals surface area contributed by atoms with Gasteiger partial charge in [0.15, 0.2) is 0 Å². The molecular weight excluding hydrogens is 477 g/mol. The Balaban J connectivity index is 1.09. The van der Waals surface area contributed by atoms with Gasteiger partial charge in [-0.25, -0.2) is 9.37 Å². The number of benzene rings is 2. The Kier molecular flexibility index (Phi) is 5.81. The third-order valence-electron chi connectivity index (χ3n) is 7.24. The second kappa shape index (κ2) is 9.15. The van der Waals surface area contributed by atoms with E-state index in [9.17, 15) is 14.0 Å². The van der Waals surface area contributed by atoms with E-state index in [-0.39, 0.29) is 17.6 Å². The van der Waals surface area contributed by atoms with Crippen LogP contribution in [0, 0.1) is 12.7 Å². The van der Waals surface area contributed by atoms with Crippen molar-refractivity contribution in [3.05, 3.63) is 82.2 Å². The second-order valence-electron chi connectivity index (χ2n) is 9.46. The molecular formula is C27H26FN5O2S. The topological polar surface area (TPSA) is 61.7 Å². The maximum Gasteiger partial charge on any atom is 0.273 e. The minimum absolute atomic E-state index is 0.000312. The fraction of sp³-hybridized carbons (Fsp3) is 0.296. The number of carbonyl (C=O) groups is 2. The smallest absolute Gasteiger partial charge is 0.273 e. The van der Waals surface area contributed by atoms with Crippen LogP contribution in [0.4, 0.5) is 4.39 Å². The Hall–Kier alpha value is -3.56. The molecule has 4 aromatic rings. The molecule has 9 heteroatoms. The summed E-state index contributed by atoms with van der Waals surface area (Å²) in [7, 11) is 0. The van der Waals surface area contributed by atoms with Gasteiger partial charge in [-0.15, -0.1) is 11.3 Å². The molecule has 2 aromatic heterocycles. The molecule has 36 heavy (non-hydrogen) atoms. The van der Waals surface area contributed by atoms with Crippen molar-refractivity contribution in [2.45, 2.75) is 13.0 Å². The maximum absolute atomic E-state index is 13.4. The Morgan fingerprint density at radius 1 is 0.972 bits per heavy atom. The summed E-state index contributed by atoms with van der Waals surface area (Å²) in [5.41, 5.74) is 5.80. The van der Waals surface area contributed by atoms with E-state index >= 15 is 0 Å². The molecule has 2 fully saturated rings. The van der Waals surface area contributed by atoms with E-state index in [1.165, 1.54) is 23.5 Å². The zero-order valence-electron chi connectivity index (χ0n) is 19.9. The van der Waals surface area contributed by atoms with Crippen LogP contribution < -0.4 is 0 Å². The number of rotatable bonds is 4. The third kappa shape index (κ3) is 4.08. The van der Waals surface area contributed by atoms with Crippen LogP contribution in [-0.4, -0.2) is 81.4 Å². The summed E-state index contributed by atoms with van der Waals surface area (Å²) >= 11 is 1.43. The van der Waals surface area contributed by atoms with Crippen LogP contribution in [0.3, 0.4) is 0 Å². The van der Waals surface area contributed by atoms with E-state index in [0.29, 0.717) is 43.5 Å². The van der Waals surface area contributed by atoms with Gasteiger partial charge in [-0.05, 0) is 55.0 Å². The maximum atomic E-state index is 13.4. The molecule has 0 bridgehead atoms. The molecule has 0 unspecified atom stereocenters. The standard InChI is InChI=1S/C27H26FN5O2S/c1-18-12-20(13-19-6-7-33(25(18)19)22-4-2-21(28)3-5-22)26(34)32-14-23(15-32)30-8-10-31(11-9-30)27(35)24-16-36-17-29-24/h2-7,12-13,16-17,23H,8-11,14-15H2,1H3. The molecule has 0 atom stereocenters. The van der Waals surface area contributed by atoms with Gasteiger partial charge >= 0.3 is 0 Å². The number of fused-ring (bicyclic) bond motifs is 1. The van der Waals surface area contributed by atoms with E-state index < -0.39 is 0 Å². The van der Waals surface area contributed by atoms with E-state index in [1.54, 1.807) is 23.0 Å². The molecule has 0 saturated carbocycles. The summed E-state index contributed by atoms with van der Waals surface area (Å²) in [6, 6.07) is 12.6. The summed E-state index contributed by atoms with van der Waals surface area (Å²) in [5.74, 6) is -0.220. The van der Waals surface area contributed by atoms with Crippen LogP contribution in [0.1, 0.15) is 26.4 Å². The summed E-state index contributed by atoms with van der Waals surface area (Å²) in [6.45, 7) is 6.39. The first-order valence-electron chi connectivity index (χ1n) is 12.1. The molecule has 6 rings (SSSR count). The number of hydrogen-bond donors (Lipinski definition) is 0. The first-order valence-corrected chi connectivity index (χ1v) is 13.0. The van der Waals surface area contributed by atoms with E-state index in [0.717, 1.165) is 35.2 Å². The molecule has 2 amide bonds. The lowest BCUT2D eigenvalue weighted by Crippen LogP contribution is -2.64. The van der Waals surface area contributed by atoms with Gasteiger partial charge in [0.25, 0.3) is 11.8 Å². The highest BCUT2D eigenvalue weighted by Crippen LogP contribution is 2.28. The fourth-order valence-electron chi connectivity index (χ4n) is 5.24. The van der Waals surface area contributed by atoms with Gasteiger partial charge in [0, 0.05) is 73.5 Å². The van der Waals surface area contributed by atoms with Crippen LogP contribution >= 0.6 is 11.3 Å². The Bertz CT molecular complexity index is 1420. The van der Waals surface area contributed by atoms with Gasteiger partial charge in [-0.2, -0.15) is 0 Å². The summed E-state index contributed by atoms with van der Waals surface area (Å²) in [5, 5.41) is 2.78. The number of carbonyl (C=O) groups excluding carboxylic acids is 2. The summed E-state index contributed by atoms with van der Waals surface area (Å²) in [4.78, 5) is 36.0. The highest BCUT2D eigenvalue weighted by Gasteiger charge is 2.37. The van der Waals surface area contributed by atoms with Gasteiger partial charge in [-0.1, -0.05) is 0 Å². The SMILES string of the molecule is Cc1cc(C(=O)N2CC(N3CCN(C(=O)c4cscn4)CC3)C2)cc2ccn(-c3ccc(F)cc3)c12. The lowest BCUT2D eigenvalue weighted by Gasteiger charge is -2.48. The average Bonchev–Trinajstić information content (AvgIpc) is 3.54. The van der Waals surface area contributed by atoms with Crippen LogP contribution in [0.25, 0.3) is 16.6 Å². The number of hydrogen-bond acceptors (Lipinski definition) is 5. The van der Waals surface area contributed by atoms with Crippen LogP contribution in [-0.2, 0) is 0 Å². The number of piperazine rings is 1. The molecule has 4 heterocycles. The van der Waals surface area contributed by atoms with E-state index in [1.807, 2.05) is 45.7 Å². The largest absolute Gasteiger partial charge is 0.335 e. The zero-order valence-corrected chi connectivity index (χ0v) is 20.7. The van der Waals surface area contributed by atoms with Gasteiger partial charge in [0.1, 0.15) is 11.5 Å². The zero-order chi connectivity index (χ0) is 24.8. The molecule has 2 aromatic carbocycles. The molecule has 0 N–H and O–H groups in total. The molecule has 7 nitrogen and oxygen atoms in total. The van der Waals surface area contributed by atoms with Crippen molar-refractivity contribution in [2.24, 2.45) is 0 Å². The van der Waals surface area contributed by atoms with Crippen molar-refractivity contribution in [3.8, 4) is 5.69 Å². The molecule has 2 saturated heterocycles. The van der Waals surface area contributed by atoms with Crippen LogP contribution in [0.2, 0.25) is 0 Å². The monoisotopic (exact) mass is 503 g/mol. The van der Waals surface area contributed by atoms with Gasteiger partial charge in [-0.3, -0.25) is 14.5 Å². The van der Waals surface area contributed by atoms with Crippen LogP contribution in [0.5, 0.6) is 0 Å². The summed E-state index contributed by atoms with van der Waals surface area (Å²) < 4.78 is 15.4. The number of aryl methyl sites for hydroxylation is 1. The minimum Gasteiger partial charge on any atom is -0.335 e. The molecule has 2 aliphatic heterocycles. The Morgan fingerprint density at radius 3 is 2.42 bits per heavy atom. The molecule has 0 spiro atoms. The van der Waals surface area contributed by atoms with Crippen molar-refractivity contribution < 1.29 is 14.0 Å². The molecule has 0 radical (unpaired) electrons. The highest BCUT2D eigenvalue weighted by molar-refractivity contribution is 7.07. The highest BCUT2D eigenvalue weighted by atomic mass is 32.1. The minimum atomic E-state index is -0.265. The van der Waals surface area contributed by atoms with Crippen molar-refractivity contribution in [2.75, 3.05) is 39.3 Å². The lowest BCUT2D eigenvalue weighted by atomic mass is 10.0. The predicted octanol–water partition coefficient (Wildman–Crippen LogP) is 3.82. The molecule has 184 valence electrons. The first-order chi connectivity index (χ1) is 17.5. The van der Waals surface area contributed by atoms with Gasteiger partial charge in [0.05, 0.1) is 11.0 Å². The molecule has 0 aliphatic carbocycles. The van der Waals surface area contributed by atoms with Gasteiger partial charge in [0.2, 0.25) is 0 Å². The fourth-order valence-corrected chi connectivity index (χ4v) is 5.76. The quantitative estimate of drug-likeness (QED) is 0.425. The number of likely N-dealkylation sites (tertiary alicyclic amines) is 1. The average molecular weight is 504 g/mol. The second-order valence-corrected chi connectivity index (χ2v) is 10.2. The number of amides is 2. The molecule has 2 aliphatic rings. The summed E-state index contributed by atoms with van der Waals surface area (Å²) in [6.07, 6.45) is 1.96. The number of thiazole rings is 1. The van der Waals surface area contributed by atoms with Gasteiger partial charge < -0.3 is 14.4 Å². The Morgan fingerprint density at radius 2 is 1.72 bits per heavy atom. The van der Waals surface area contributed by atoms with Crippen molar-refractivity contribution in [1.82, 2.24) is 24.3 Å². The lowest BCUT2D eigenvalue weighted by molar-refractivity contribution is 0.00844. The third-order valence-corrected chi connectivity index (χ3v) is 7.83. The predicted molar refractivity (Wildman–Crippen MR) is 137 cm³/mol. The van der Waals surface area contributed by atoms with Crippen molar-refractivity contribution in [3.63, 3.8) is 0 Å². The van der Waals surface area contributed by atoms with Crippen LogP contribution in [0.15, 0.2) is 59.6 Å². The van der Waals surface area contributed by atoms with Crippen molar-refractivity contribution >= 4 is 34.1 Å². The normalized spacial score (nSPS) is 16.9. The number of halogens is 1. The van der Waals surface area contributed by atoms with Crippen molar-refractivity contribution in [1.29, 1.82) is 0 Å². The van der Waals surface area contributed by atoms with E-state index in [2.05, 4.69) is 9.88 Å². The first kappa shape index (κ1) is 22.9. The Labute approximate surface area is 212 Å². The van der Waals surface area contributed by atoms with E-state index in [4.69, 9.17) is 0 Å². The number of aromatic nitrogens is 2.